The van der Waals surface area contributed by atoms with E-state index in [1.54, 1.807) is 0 Å². The van der Waals surface area contributed by atoms with Gasteiger partial charge in [-0.25, -0.2) is 14.8 Å². The van der Waals surface area contributed by atoms with Crippen molar-refractivity contribution in [3.8, 4) is 11.3 Å². The van der Waals surface area contributed by atoms with Crippen molar-refractivity contribution in [3.05, 3.63) is 29.7 Å². The number of hydrogen-bond donors (Lipinski definition) is 4. The Morgan fingerprint density at radius 1 is 1.40 bits per heavy atom. The van der Waals surface area contributed by atoms with Gasteiger partial charge in [0.15, 0.2) is 0 Å². The molecule has 0 bridgehead atoms. The van der Waals surface area contributed by atoms with E-state index in [-0.39, 0.29) is 28.9 Å². The fraction of sp³-hybridized carbons (Fsp3) is 0.400. The lowest BCUT2D eigenvalue weighted by atomic mass is 10.1. The largest absolute Gasteiger partial charge is 0.477 e. The first-order valence-electron chi connectivity index (χ1n) is 7.68. The van der Waals surface area contributed by atoms with E-state index in [2.05, 4.69) is 25.6 Å². The Bertz CT molecular complexity index is 769. The smallest absolute Gasteiger partial charge is 0.419 e. The summed E-state index contributed by atoms with van der Waals surface area (Å²) >= 11 is 0. The van der Waals surface area contributed by atoms with Gasteiger partial charge >= 0.3 is 12.1 Å². The van der Waals surface area contributed by atoms with Crippen molar-refractivity contribution in [1.82, 2.24) is 20.3 Å². The minimum absolute atomic E-state index is 0.0270. The molecule has 25 heavy (non-hydrogen) atoms. The second-order valence-corrected chi connectivity index (χ2v) is 5.75. The number of anilines is 1. The number of H-pyrrole nitrogens is 1. The zero-order valence-electron chi connectivity index (χ0n) is 13.0. The number of carboxylic acids is 1. The number of nitrogens with zero attached hydrogens (tertiary/aromatic N) is 2. The van der Waals surface area contributed by atoms with Crippen LogP contribution in [0.25, 0.3) is 11.3 Å². The van der Waals surface area contributed by atoms with Crippen molar-refractivity contribution in [1.29, 1.82) is 0 Å². The van der Waals surface area contributed by atoms with E-state index < -0.39 is 17.7 Å². The minimum atomic E-state index is -4.65. The lowest BCUT2D eigenvalue weighted by Crippen LogP contribution is -2.38. The molecular formula is C15H16F3N5O2. The molecule has 2 aromatic heterocycles. The van der Waals surface area contributed by atoms with Gasteiger partial charge in [0, 0.05) is 30.5 Å². The van der Waals surface area contributed by atoms with Gasteiger partial charge in [0.1, 0.15) is 11.3 Å². The predicted octanol–water partition coefficient (Wildman–Crippen LogP) is 2.35. The van der Waals surface area contributed by atoms with Crippen LogP contribution in [0.2, 0.25) is 0 Å². The van der Waals surface area contributed by atoms with Gasteiger partial charge < -0.3 is 20.7 Å². The van der Waals surface area contributed by atoms with Crippen LogP contribution in [0.3, 0.4) is 0 Å². The molecule has 0 amide bonds. The summed E-state index contributed by atoms with van der Waals surface area (Å²) in [5, 5.41) is 15.1. The highest BCUT2D eigenvalue weighted by atomic mass is 19.4. The Morgan fingerprint density at radius 2 is 2.20 bits per heavy atom. The van der Waals surface area contributed by atoms with Gasteiger partial charge in [-0.15, -0.1) is 0 Å². The van der Waals surface area contributed by atoms with Crippen molar-refractivity contribution in [2.24, 2.45) is 0 Å². The Kier molecular flexibility index (Phi) is 4.62. The molecule has 3 rings (SSSR count). The number of aromatic nitrogens is 3. The molecule has 0 aromatic carbocycles. The number of rotatable bonds is 4. The second kappa shape index (κ2) is 6.71. The van der Waals surface area contributed by atoms with E-state index in [1.165, 1.54) is 6.20 Å². The number of hydrogen-bond acceptors (Lipinski definition) is 5. The molecule has 1 aliphatic rings. The minimum Gasteiger partial charge on any atom is -0.477 e. The lowest BCUT2D eigenvalue weighted by molar-refractivity contribution is -0.137. The highest BCUT2D eigenvalue weighted by Gasteiger charge is 2.36. The molecule has 0 spiro atoms. The summed E-state index contributed by atoms with van der Waals surface area (Å²) in [4.78, 5) is 21.1. The number of aromatic carboxylic acids is 1. The average Bonchev–Trinajstić information content (AvgIpc) is 3.05. The molecule has 7 nitrogen and oxygen atoms in total. The maximum absolute atomic E-state index is 13.3. The molecular weight excluding hydrogens is 339 g/mol. The van der Waals surface area contributed by atoms with E-state index in [0.717, 1.165) is 25.5 Å². The molecule has 3 heterocycles. The molecule has 1 aliphatic heterocycles. The fourth-order valence-corrected chi connectivity index (χ4v) is 2.69. The van der Waals surface area contributed by atoms with E-state index in [4.69, 9.17) is 5.11 Å². The number of carboxylic acid groups (broad SMARTS) is 1. The van der Waals surface area contributed by atoms with Crippen LogP contribution >= 0.6 is 0 Å². The van der Waals surface area contributed by atoms with Crippen LogP contribution in [0.15, 0.2) is 18.5 Å². The number of carbonyl (C=O) groups is 1. The quantitative estimate of drug-likeness (QED) is 0.671. The van der Waals surface area contributed by atoms with Crippen LogP contribution in [-0.2, 0) is 6.18 Å². The summed E-state index contributed by atoms with van der Waals surface area (Å²) in [7, 11) is 0. The Balaban J connectivity index is 1.96. The monoisotopic (exact) mass is 355 g/mol. The molecule has 10 heteroatoms. The van der Waals surface area contributed by atoms with E-state index in [9.17, 15) is 18.0 Å². The Morgan fingerprint density at radius 3 is 2.80 bits per heavy atom. The van der Waals surface area contributed by atoms with Crippen molar-refractivity contribution in [2.45, 2.75) is 25.1 Å². The summed E-state index contributed by atoms with van der Waals surface area (Å²) in [5.41, 5.74) is -1.56. The van der Waals surface area contributed by atoms with Gasteiger partial charge in [-0.05, 0) is 25.5 Å². The van der Waals surface area contributed by atoms with Crippen molar-refractivity contribution in [3.63, 3.8) is 0 Å². The van der Waals surface area contributed by atoms with Crippen molar-refractivity contribution < 1.29 is 23.1 Å². The summed E-state index contributed by atoms with van der Waals surface area (Å²) in [6.07, 6.45) is -0.937. The topological polar surface area (TPSA) is 103 Å². The van der Waals surface area contributed by atoms with Gasteiger partial charge in [-0.1, -0.05) is 0 Å². The fourth-order valence-electron chi connectivity index (χ4n) is 2.69. The Hall–Kier alpha value is -2.62. The molecule has 0 saturated carbocycles. The normalized spacial score (nSPS) is 18.1. The average molecular weight is 355 g/mol. The molecule has 2 aromatic rings. The molecule has 0 aliphatic carbocycles. The number of piperidine rings is 1. The lowest BCUT2D eigenvalue weighted by Gasteiger charge is -2.24. The highest BCUT2D eigenvalue weighted by Crippen LogP contribution is 2.36. The number of alkyl halides is 3. The van der Waals surface area contributed by atoms with Crippen LogP contribution < -0.4 is 10.6 Å². The molecule has 1 unspecified atom stereocenters. The summed E-state index contributed by atoms with van der Waals surface area (Å²) < 4.78 is 39.8. The third kappa shape index (κ3) is 3.90. The van der Waals surface area contributed by atoms with Crippen LogP contribution in [-0.4, -0.2) is 45.2 Å². The number of nitrogens with one attached hydrogen (secondary N) is 3. The third-order valence-electron chi connectivity index (χ3n) is 3.91. The number of aromatic amines is 1. The summed E-state index contributed by atoms with van der Waals surface area (Å²) in [5.74, 6) is -1.18. The van der Waals surface area contributed by atoms with E-state index >= 15 is 0 Å². The zero-order chi connectivity index (χ0) is 18.0. The van der Waals surface area contributed by atoms with E-state index in [1.807, 2.05) is 0 Å². The molecule has 1 saturated heterocycles. The van der Waals surface area contributed by atoms with Crippen molar-refractivity contribution >= 4 is 11.9 Å². The van der Waals surface area contributed by atoms with Gasteiger partial charge in [0.05, 0.1) is 5.69 Å². The van der Waals surface area contributed by atoms with Crippen LogP contribution in [0, 0.1) is 0 Å². The standard InChI is InChI=1S/C15H16F3N5O2/c16-15(17,18)10-7-21-14(22-9-2-1-3-19-6-9)23-12(10)8-4-11(13(24)25)20-5-8/h4-5,7,9,19-20H,1-3,6H2,(H,24,25)(H,21,22,23). The van der Waals surface area contributed by atoms with Gasteiger partial charge in [0.2, 0.25) is 5.95 Å². The molecule has 134 valence electrons. The second-order valence-electron chi connectivity index (χ2n) is 5.75. The summed E-state index contributed by atoms with van der Waals surface area (Å²) in [6.45, 7) is 1.58. The highest BCUT2D eigenvalue weighted by molar-refractivity contribution is 5.87. The van der Waals surface area contributed by atoms with Gasteiger partial charge in [0.25, 0.3) is 0 Å². The first-order chi connectivity index (χ1) is 11.8. The molecule has 0 radical (unpaired) electrons. The Labute approximate surface area is 140 Å². The van der Waals surface area contributed by atoms with Crippen molar-refractivity contribution in [2.75, 3.05) is 18.4 Å². The van der Waals surface area contributed by atoms with Gasteiger partial charge in [-0.3, -0.25) is 0 Å². The maximum atomic E-state index is 13.3. The predicted molar refractivity (Wildman–Crippen MR) is 83.3 cm³/mol. The summed E-state index contributed by atoms with van der Waals surface area (Å²) in [6, 6.07) is 1.14. The SMILES string of the molecule is O=C(O)c1cc(-c2nc(NC3CCCNC3)ncc2C(F)(F)F)c[nH]1. The molecule has 4 N–H and O–H groups in total. The van der Waals surface area contributed by atoms with Crippen LogP contribution in [0.5, 0.6) is 0 Å². The first-order valence-corrected chi connectivity index (χ1v) is 7.68. The third-order valence-corrected chi connectivity index (χ3v) is 3.91. The number of halogens is 3. The van der Waals surface area contributed by atoms with Crippen LogP contribution in [0.1, 0.15) is 28.9 Å². The zero-order valence-corrected chi connectivity index (χ0v) is 13.0. The first kappa shape index (κ1) is 17.2. The molecule has 1 atom stereocenters. The maximum Gasteiger partial charge on any atom is 0.419 e. The van der Waals surface area contributed by atoms with E-state index in [0.29, 0.717) is 12.7 Å². The molecule has 1 fully saturated rings. The van der Waals surface area contributed by atoms with Gasteiger partial charge in [-0.2, -0.15) is 13.2 Å². The van der Waals surface area contributed by atoms with Crippen LogP contribution in [0.4, 0.5) is 19.1 Å².